The SMILES string of the molecule is CCCNS(=O)(=O)c1ccc(OCC(=O)NC2CC(c3cccc(F)c3)NN2)cc1. The van der Waals surface area contributed by atoms with E-state index < -0.39 is 10.0 Å². The van der Waals surface area contributed by atoms with Crippen LogP contribution in [0.4, 0.5) is 4.39 Å². The highest BCUT2D eigenvalue weighted by atomic mass is 32.2. The van der Waals surface area contributed by atoms with Crippen LogP contribution in [0.1, 0.15) is 31.4 Å². The van der Waals surface area contributed by atoms with E-state index in [1.54, 1.807) is 6.07 Å². The van der Waals surface area contributed by atoms with Crippen LogP contribution in [0.25, 0.3) is 0 Å². The first-order chi connectivity index (χ1) is 14.4. The molecule has 0 saturated carbocycles. The molecule has 0 radical (unpaired) electrons. The number of benzene rings is 2. The summed E-state index contributed by atoms with van der Waals surface area (Å²) in [4.78, 5) is 12.3. The smallest absolute Gasteiger partial charge is 0.259 e. The summed E-state index contributed by atoms with van der Waals surface area (Å²) in [5, 5.41) is 2.79. The van der Waals surface area contributed by atoms with E-state index in [0.717, 1.165) is 5.56 Å². The third-order valence-corrected chi connectivity index (χ3v) is 6.01. The number of ether oxygens (including phenoxy) is 1. The number of halogens is 1. The van der Waals surface area contributed by atoms with Crippen LogP contribution in [-0.4, -0.2) is 33.6 Å². The zero-order valence-corrected chi connectivity index (χ0v) is 17.3. The van der Waals surface area contributed by atoms with Gasteiger partial charge in [-0.25, -0.2) is 28.4 Å². The number of sulfonamides is 1. The molecular weight excluding hydrogens is 411 g/mol. The fourth-order valence-corrected chi connectivity index (χ4v) is 4.15. The molecule has 2 aromatic rings. The van der Waals surface area contributed by atoms with Gasteiger partial charge in [0.25, 0.3) is 5.91 Å². The van der Waals surface area contributed by atoms with Crippen LogP contribution in [0.15, 0.2) is 53.4 Å². The van der Waals surface area contributed by atoms with Gasteiger partial charge in [-0.1, -0.05) is 19.1 Å². The molecule has 2 atom stereocenters. The third-order valence-electron chi connectivity index (χ3n) is 4.54. The van der Waals surface area contributed by atoms with E-state index in [0.29, 0.717) is 25.1 Å². The quantitative estimate of drug-likeness (QED) is 0.475. The molecule has 8 nitrogen and oxygen atoms in total. The summed E-state index contributed by atoms with van der Waals surface area (Å²) in [6.45, 7) is 2.02. The van der Waals surface area contributed by atoms with Gasteiger partial charge in [-0.3, -0.25) is 4.79 Å². The van der Waals surface area contributed by atoms with Gasteiger partial charge in [-0.05, 0) is 48.4 Å². The number of carbonyl (C=O) groups excluding carboxylic acids is 1. The average molecular weight is 437 g/mol. The van der Waals surface area contributed by atoms with E-state index in [1.807, 2.05) is 13.0 Å². The van der Waals surface area contributed by atoms with Crippen molar-refractivity contribution in [3.63, 3.8) is 0 Å². The van der Waals surface area contributed by atoms with Crippen LogP contribution in [0.2, 0.25) is 0 Å². The highest BCUT2D eigenvalue weighted by Gasteiger charge is 2.26. The van der Waals surface area contributed by atoms with Crippen LogP contribution < -0.4 is 25.6 Å². The Morgan fingerprint density at radius 2 is 1.97 bits per heavy atom. The van der Waals surface area contributed by atoms with Crippen molar-refractivity contribution in [3.8, 4) is 5.75 Å². The van der Waals surface area contributed by atoms with Gasteiger partial charge in [-0.2, -0.15) is 0 Å². The molecule has 0 spiro atoms. The van der Waals surface area contributed by atoms with Gasteiger partial charge in [0.15, 0.2) is 6.61 Å². The normalized spacial score (nSPS) is 18.9. The largest absolute Gasteiger partial charge is 0.484 e. The van der Waals surface area contributed by atoms with Crippen LogP contribution in [0.3, 0.4) is 0 Å². The summed E-state index contributed by atoms with van der Waals surface area (Å²) >= 11 is 0. The molecule has 1 aliphatic heterocycles. The van der Waals surface area contributed by atoms with Crippen LogP contribution in [-0.2, 0) is 14.8 Å². The first-order valence-corrected chi connectivity index (χ1v) is 11.1. The molecular formula is C20H25FN4O4S. The fourth-order valence-electron chi connectivity index (χ4n) is 3.01. The lowest BCUT2D eigenvalue weighted by molar-refractivity contribution is -0.123. The number of hydrazine groups is 1. The molecule has 1 saturated heterocycles. The number of rotatable bonds is 9. The summed E-state index contributed by atoms with van der Waals surface area (Å²) in [6, 6.07) is 12.0. The Balaban J connectivity index is 1.46. The molecule has 1 aliphatic rings. The Kier molecular flexibility index (Phi) is 7.38. The molecule has 1 amide bonds. The number of carbonyl (C=O) groups is 1. The molecule has 1 fully saturated rings. The van der Waals surface area contributed by atoms with Crippen molar-refractivity contribution in [1.82, 2.24) is 20.9 Å². The zero-order chi connectivity index (χ0) is 21.6. The summed E-state index contributed by atoms with van der Waals surface area (Å²) in [7, 11) is -3.54. The number of nitrogens with one attached hydrogen (secondary N) is 4. The van der Waals surface area contributed by atoms with E-state index in [1.165, 1.54) is 36.4 Å². The maximum absolute atomic E-state index is 13.4. The predicted molar refractivity (Wildman–Crippen MR) is 109 cm³/mol. The minimum Gasteiger partial charge on any atom is -0.484 e. The van der Waals surface area contributed by atoms with Gasteiger partial charge in [-0.15, -0.1) is 0 Å². The Hall–Kier alpha value is -2.53. The highest BCUT2D eigenvalue weighted by molar-refractivity contribution is 7.89. The maximum atomic E-state index is 13.4. The van der Waals surface area contributed by atoms with Crippen molar-refractivity contribution in [1.29, 1.82) is 0 Å². The van der Waals surface area contributed by atoms with E-state index in [9.17, 15) is 17.6 Å². The number of hydrogen-bond donors (Lipinski definition) is 4. The lowest BCUT2D eigenvalue weighted by Crippen LogP contribution is -2.45. The molecule has 30 heavy (non-hydrogen) atoms. The van der Waals surface area contributed by atoms with E-state index >= 15 is 0 Å². The maximum Gasteiger partial charge on any atom is 0.259 e. The molecule has 0 aromatic heterocycles. The second-order valence-electron chi connectivity index (χ2n) is 6.91. The number of amides is 1. The molecule has 162 valence electrons. The molecule has 2 unspecified atom stereocenters. The Bertz CT molecular complexity index is 969. The van der Waals surface area contributed by atoms with Crippen molar-refractivity contribution in [3.05, 3.63) is 59.9 Å². The second-order valence-corrected chi connectivity index (χ2v) is 8.68. The monoisotopic (exact) mass is 436 g/mol. The average Bonchev–Trinajstić information content (AvgIpc) is 3.19. The summed E-state index contributed by atoms with van der Waals surface area (Å²) in [5.41, 5.74) is 6.78. The highest BCUT2D eigenvalue weighted by Crippen LogP contribution is 2.22. The van der Waals surface area contributed by atoms with E-state index in [4.69, 9.17) is 4.74 Å². The Labute approximate surface area is 175 Å². The fraction of sp³-hybridized carbons (Fsp3) is 0.350. The van der Waals surface area contributed by atoms with Crippen molar-refractivity contribution in [2.45, 2.75) is 36.9 Å². The summed E-state index contributed by atoms with van der Waals surface area (Å²) in [5.74, 6) is -0.264. The van der Waals surface area contributed by atoms with Gasteiger partial charge >= 0.3 is 0 Å². The predicted octanol–water partition coefficient (Wildman–Crippen LogP) is 1.57. The number of hydrogen-bond acceptors (Lipinski definition) is 6. The van der Waals surface area contributed by atoms with Crippen LogP contribution in [0.5, 0.6) is 5.75 Å². The molecule has 0 aliphatic carbocycles. The molecule has 1 heterocycles. The zero-order valence-electron chi connectivity index (χ0n) is 16.5. The lowest BCUT2D eigenvalue weighted by atomic mass is 10.0. The van der Waals surface area contributed by atoms with Gasteiger partial charge in [0.2, 0.25) is 10.0 Å². The second kappa shape index (κ2) is 9.98. The molecule has 2 aromatic carbocycles. The Morgan fingerprint density at radius 3 is 2.67 bits per heavy atom. The summed E-state index contributed by atoms with van der Waals surface area (Å²) < 4.78 is 45.4. The summed E-state index contributed by atoms with van der Waals surface area (Å²) in [6.07, 6.45) is 0.919. The van der Waals surface area contributed by atoms with Gasteiger partial charge < -0.3 is 10.1 Å². The van der Waals surface area contributed by atoms with Crippen molar-refractivity contribution >= 4 is 15.9 Å². The van der Waals surface area contributed by atoms with Gasteiger partial charge in [0.1, 0.15) is 11.6 Å². The molecule has 3 rings (SSSR count). The molecule has 4 N–H and O–H groups in total. The minimum absolute atomic E-state index is 0.122. The van der Waals surface area contributed by atoms with Crippen molar-refractivity contribution in [2.24, 2.45) is 0 Å². The third kappa shape index (κ3) is 5.99. The van der Waals surface area contributed by atoms with Gasteiger partial charge in [0, 0.05) is 19.0 Å². The Morgan fingerprint density at radius 1 is 1.20 bits per heavy atom. The minimum atomic E-state index is -3.54. The first-order valence-electron chi connectivity index (χ1n) is 9.66. The van der Waals surface area contributed by atoms with Crippen LogP contribution in [0, 0.1) is 5.82 Å². The molecule has 0 bridgehead atoms. The first kappa shape index (κ1) is 22.2. The van der Waals surface area contributed by atoms with Crippen molar-refractivity contribution < 1.29 is 22.3 Å². The van der Waals surface area contributed by atoms with Gasteiger partial charge in [0.05, 0.1) is 11.1 Å². The van der Waals surface area contributed by atoms with Crippen molar-refractivity contribution in [2.75, 3.05) is 13.2 Å². The topological polar surface area (TPSA) is 109 Å². The van der Waals surface area contributed by atoms with E-state index in [2.05, 4.69) is 20.9 Å². The standard InChI is InChI=1S/C20H25FN4O4S/c1-2-10-22-30(27,28)17-8-6-16(7-9-17)29-13-20(26)23-19-12-18(24-25-19)14-4-3-5-15(21)11-14/h3-9,11,18-19,22,24-25H,2,10,12-13H2,1H3,(H,23,26). The van der Waals surface area contributed by atoms with E-state index in [-0.39, 0.29) is 35.4 Å². The molecule has 10 heteroatoms. The lowest BCUT2D eigenvalue weighted by Gasteiger charge is -2.13. The van der Waals surface area contributed by atoms with Crippen LogP contribution >= 0.6 is 0 Å².